The van der Waals surface area contributed by atoms with E-state index in [1.807, 2.05) is 12.1 Å². The minimum atomic E-state index is -0.135. The molecule has 1 atom stereocenters. The van der Waals surface area contributed by atoms with E-state index in [9.17, 15) is 4.79 Å². The van der Waals surface area contributed by atoms with Gasteiger partial charge in [0.25, 0.3) is 5.56 Å². The van der Waals surface area contributed by atoms with E-state index in [1.54, 1.807) is 7.11 Å². The Balaban J connectivity index is 1.21. The summed E-state index contributed by atoms with van der Waals surface area (Å²) >= 11 is 0. The van der Waals surface area contributed by atoms with Gasteiger partial charge in [-0.15, -0.1) is 0 Å². The van der Waals surface area contributed by atoms with Gasteiger partial charge in [-0.2, -0.15) is 0 Å². The van der Waals surface area contributed by atoms with Gasteiger partial charge in [-0.05, 0) is 62.0 Å². The number of methoxy groups -OCH3 is 1. The molecule has 0 bridgehead atoms. The predicted octanol–water partition coefficient (Wildman–Crippen LogP) is 3.25. The smallest absolute Gasteiger partial charge is 0.260 e. The van der Waals surface area contributed by atoms with Crippen molar-refractivity contribution >= 4 is 22.7 Å². The maximum Gasteiger partial charge on any atom is 0.260 e. The molecule has 6 rings (SSSR count). The van der Waals surface area contributed by atoms with Gasteiger partial charge in [0.2, 0.25) is 5.95 Å². The number of rotatable bonds is 7. The number of pyridine rings is 1. The average molecular weight is 491 g/mol. The van der Waals surface area contributed by atoms with Crippen LogP contribution >= 0.6 is 0 Å². The molecule has 0 amide bonds. The zero-order valence-electron chi connectivity index (χ0n) is 20.9. The number of ether oxygens (including phenoxy) is 2. The normalized spacial score (nSPS) is 20.1. The molecule has 3 aliphatic rings. The Morgan fingerprint density at radius 2 is 2.06 bits per heavy atom. The second kappa shape index (κ2) is 10.1. The van der Waals surface area contributed by atoms with Crippen molar-refractivity contribution in [2.45, 2.75) is 44.8 Å². The summed E-state index contributed by atoms with van der Waals surface area (Å²) in [6, 6.07) is 7.95. The molecule has 0 saturated carbocycles. The molecule has 0 radical (unpaired) electrons. The topological polar surface area (TPSA) is 95.6 Å². The zero-order valence-corrected chi connectivity index (χ0v) is 20.9. The number of aromatic amines is 1. The van der Waals surface area contributed by atoms with Crippen LogP contribution in [0.15, 0.2) is 29.1 Å². The molecule has 9 heteroatoms. The molecule has 0 aliphatic carbocycles. The summed E-state index contributed by atoms with van der Waals surface area (Å²) in [5.41, 5.74) is 3.65. The highest BCUT2D eigenvalue weighted by Gasteiger charge is 2.25. The van der Waals surface area contributed by atoms with Gasteiger partial charge in [0.05, 0.1) is 24.1 Å². The Kier molecular flexibility index (Phi) is 6.50. The van der Waals surface area contributed by atoms with E-state index in [2.05, 4.69) is 32.2 Å². The first-order chi connectivity index (χ1) is 17.7. The number of aromatic nitrogens is 3. The fraction of sp³-hybridized carbons (Fsp3) is 0.519. The first kappa shape index (κ1) is 23.2. The molecule has 2 saturated heterocycles. The molecule has 5 heterocycles. The van der Waals surface area contributed by atoms with Gasteiger partial charge in [-0.3, -0.25) is 9.78 Å². The largest absolute Gasteiger partial charge is 0.497 e. The molecule has 3 aromatic rings. The number of fused-ring (bicyclic) bond motifs is 2. The fourth-order valence-corrected chi connectivity index (χ4v) is 5.65. The Morgan fingerprint density at radius 3 is 2.86 bits per heavy atom. The Labute approximate surface area is 210 Å². The number of likely N-dealkylation sites (tertiary alicyclic amines) is 1. The Morgan fingerprint density at radius 1 is 1.17 bits per heavy atom. The van der Waals surface area contributed by atoms with E-state index in [4.69, 9.17) is 19.4 Å². The van der Waals surface area contributed by atoms with E-state index in [0.717, 1.165) is 56.0 Å². The molecule has 2 N–H and O–H groups in total. The maximum atomic E-state index is 13.3. The predicted molar refractivity (Wildman–Crippen MR) is 140 cm³/mol. The summed E-state index contributed by atoms with van der Waals surface area (Å²) < 4.78 is 11.4. The molecule has 190 valence electrons. The van der Waals surface area contributed by atoms with E-state index in [0.29, 0.717) is 35.8 Å². The highest BCUT2D eigenvalue weighted by atomic mass is 16.5. The SMILES string of the molecule is COc1cc(C2CCCO2)c2c(=O)[nH]c(N3CCc4nc(NCCN5CCCC5)ccc4C3)nc2c1. The number of hydrogen-bond donors (Lipinski definition) is 2. The molecule has 36 heavy (non-hydrogen) atoms. The van der Waals surface area contributed by atoms with Crippen LogP contribution in [0.3, 0.4) is 0 Å². The van der Waals surface area contributed by atoms with Crippen LogP contribution in [0.1, 0.15) is 48.6 Å². The molecule has 0 spiro atoms. The maximum absolute atomic E-state index is 13.3. The Hall–Kier alpha value is -3.17. The van der Waals surface area contributed by atoms with Crippen LogP contribution < -0.4 is 20.5 Å². The first-order valence-electron chi connectivity index (χ1n) is 13.1. The van der Waals surface area contributed by atoms with E-state index < -0.39 is 0 Å². The van der Waals surface area contributed by atoms with E-state index in [1.165, 1.54) is 31.5 Å². The van der Waals surface area contributed by atoms with Gasteiger partial charge >= 0.3 is 0 Å². The zero-order chi connectivity index (χ0) is 24.5. The van der Waals surface area contributed by atoms with Gasteiger partial charge in [0, 0.05) is 51.0 Å². The van der Waals surface area contributed by atoms with Crippen LogP contribution in [-0.4, -0.2) is 66.3 Å². The van der Waals surface area contributed by atoms with Crippen molar-refractivity contribution < 1.29 is 9.47 Å². The molecular weight excluding hydrogens is 456 g/mol. The van der Waals surface area contributed by atoms with E-state index >= 15 is 0 Å². The number of benzene rings is 1. The van der Waals surface area contributed by atoms with Crippen molar-refractivity contribution in [1.29, 1.82) is 0 Å². The third-order valence-corrected chi connectivity index (χ3v) is 7.59. The first-order valence-corrected chi connectivity index (χ1v) is 13.1. The van der Waals surface area contributed by atoms with Crippen molar-refractivity contribution in [3.05, 3.63) is 51.4 Å². The van der Waals surface area contributed by atoms with Gasteiger partial charge < -0.3 is 24.6 Å². The third kappa shape index (κ3) is 4.65. The van der Waals surface area contributed by atoms with Crippen LogP contribution in [0.5, 0.6) is 5.75 Å². The summed E-state index contributed by atoms with van der Waals surface area (Å²) in [5, 5.41) is 4.08. The van der Waals surface area contributed by atoms with Crippen molar-refractivity contribution in [1.82, 2.24) is 19.9 Å². The van der Waals surface area contributed by atoms with Crippen LogP contribution in [0, 0.1) is 0 Å². The van der Waals surface area contributed by atoms with Crippen molar-refractivity contribution in [2.75, 3.05) is 56.7 Å². The fourth-order valence-electron chi connectivity index (χ4n) is 5.65. The number of anilines is 2. The second-order valence-electron chi connectivity index (χ2n) is 9.95. The minimum absolute atomic E-state index is 0.0950. The monoisotopic (exact) mass is 490 g/mol. The highest BCUT2D eigenvalue weighted by molar-refractivity contribution is 5.84. The van der Waals surface area contributed by atoms with Gasteiger partial charge in [0.1, 0.15) is 11.6 Å². The van der Waals surface area contributed by atoms with Gasteiger partial charge in [0.15, 0.2) is 0 Å². The third-order valence-electron chi connectivity index (χ3n) is 7.59. The molecule has 1 unspecified atom stereocenters. The molecule has 2 aromatic heterocycles. The number of nitrogens with zero attached hydrogens (tertiary/aromatic N) is 4. The summed E-state index contributed by atoms with van der Waals surface area (Å²) in [6.45, 7) is 6.51. The number of H-pyrrole nitrogens is 1. The lowest BCUT2D eigenvalue weighted by Crippen LogP contribution is -2.34. The highest BCUT2D eigenvalue weighted by Crippen LogP contribution is 2.35. The standard InChI is InChI=1S/C27H34N6O3/c1-35-19-15-20(23-5-4-14-36-23)25-22(16-19)30-27(31-26(25)34)33-12-8-21-18(17-33)6-7-24(29-21)28-9-13-32-10-2-3-11-32/h6-7,15-16,23H,2-5,8-14,17H2,1H3,(H,28,29)(H,30,31,34). The number of hydrogen-bond acceptors (Lipinski definition) is 8. The lowest BCUT2D eigenvalue weighted by atomic mass is 10.0. The summed E-state index contributed by atoms with van der Waals surface area (Å²) in [4.78, 5) is 30.7. The lowest BCUT2D eigenvalue weighted by Gasteiger charge is -2.29. The average Bonchev–Trinajstić information content (AvgIpc) is 3.62. The van der Waals surface area contributed by atoms with Crippen molar-refractivity contribution in [2.24, 2.45) is 0 Å². The minimum Gasteiger partial charge on any atom is -0.497 e. The van der Waals surface area contributed by atoms with Crippen molar-refractivity contribution in [3.63, 3.8) is 0 Å². The number of nitrogens with one attached hydrogen (secondary N) is 2. The van der Waals surface area contributed by atoms with Gasteiger partial charge in [-0.25, -0.2) is 9.97 Å². The van der Waals surface area contributed by atoms with Gasteiger partial charge in [-0.1, -0.05) is 6.07 Å². The molecule has 9 nitrogen and oxygen atoms in total. The summed E-state index contributed by atoms with van der Waals surface area (Å²) in [5.74, 6) is 2.21. The summed E-state index contributed by atoms with van der Waals surface area (Å²) in [6.07, 6.45) is 5.22. The van der Waals surface area contributed by atoms with Crippen LogP contribution in [-0.2, 0) is 17.7 Å². The molecular formula is C27H34N6O3. The van der Waals surface area contributed by atoms with Crippen LogP contribution in [0.25, 0.3) is 10.9 Å². The van der Waals surface area contributed by atoms with Crippen molar-refractivity contribution in [3.8, 4) is 5.75 Å². The molecule has 3 aliphatic heterocycles. The van der Waals surface area contributed by atoms with Crippen LogP contribution in [0.4, 0.5) is 11.8 Å². The second-order valence-corrected chi connectivity index (χ2v) is 9.95. The quantitative estimate of drug-likeness (QED) is 0.521. The van der Waals surface area contributed by atoms with Crippen LogP contribution in [0.2, 0.25) is 0 Å². The summed E-state index contributed by atoms with van der Waals surface area (Å²) in [7, 11) is 1.64. The molecule has 1 aromatic carbocycles. The lowest BCUT2D eigenvalue weighted by molar-refractivity contribution is 0.113. The Bertz CT molecular complexity index is 1300. The van der Waals surface area contributed by atoms with E-state index in [-0.39, 0.29) is 11.7 Å². The molecule has 2 fully saturated rings.